The number of ether oxygens (including phenoxy) is 1. The van der Waals surface area contributed by atoms with E-state index in [2.05, 4.69) is 17.4 Å². The van der Waals surface area contributed by atoms with Gasteiger partial charge >= 0.3 is 0 Å². The van der Waals surface area contributed by atoms with Gasteiger partial charge < -0.3 is 15.0 Å². The van der Waals surface area contributed by atoms with Crippen LogP contribution in [0.15, 0.2) is 42.5 Å². The molecule has 0 saturated carbocycles. The van der Waals surface area contributed by atoms with E-state index in [1.807, 2.05) is 59.6 Å². The Morgan fingerprint density at radius 1 is 1.03 bits per heavy atom. The van der Waals surface area contributed by atoms with Crippen LogP contribution in [0.4, 0.5) is 5.69 Å². The molecule has 0 bridgehead atoms. The average Bonchev–Trinajstić information content (AvgIpc) is 3.35. The summed E-state index contributed by atoms with van der Waals surface area (Å²) in [5.74, 6) is 2.79. The predicted molar refractivity (Wildman–Crippen MR) is 129 cm³/mol. The Kier molecular flexibility index (Phi) is 7.45. The first-order valence-corrected chi connectivity index (χ1v) is 12.9. The van der Waals surface area contributed by atoms with E-state index in [1.165, 1.54) is 23.5 Å². The minimum Gasteiger partial charge on any atom is -0.484 e. The van der Waals surface area contributed by atoms with Crippen LogP contribution in [0.3, 0.4) is 0 Å². The summed E-state index contributed by atoms with van der Waals surface area (Å²) in [5, 5.41) is 2.90. The third-order valence-electron chi connectivity index (χ3n) is 5.51. The molecule has 0 aliphatic carbocycles. The molecule has 0 atom stereocenters. The van der Waals surface area contributed by atoms with E-state index >= 15 is 0 Å². The number of para-hydroxylation sites is 1. The van der Waals surface area contributed by atoms with Gasteiger partial charge in [-0.25, -0.2) is 0 Å². The second-order valence-corrected chi connectivity index (χ2v) is 10.6. The molecule has 2 saturated heterocycles. The normalized spacial score (nSPS) is 16.9. The molecule has 7 heteroatoms. The van der Waals surface area contributed by atoms with Gasteiger partial charge in [0, 0.05) is 13.1 Å². The van der Waals surface area contributed by atoms with Crippen molar-refractivity contribution < 1.29 is 14.3 Å². The molecule has 0 spiro atoms. The smallest absolute Gasteiger partial charge is 0.262 e. The Morgan fingerprint density at radius 3 is 2.45 bits per heavy atom. The van der Waals surface area contributed by atoms with Crippen molar-refractivity contribution in [3.05, 3.63) is 59.2 Å². The van der Waals surface area contributed by atoms with E-state index in [1.54, 1.807) is 6.07 Å². The molecule has 2 aromatic carbocycles. The SMILES string of the molecule is Cc1cccc(C(=O)N2CCCC2)c1NC(=O)COc1ccc(C2SCCCS2)cc1. The summed E-state index contributed by atoms with van der Waals surface area (Å²) < 4.78 is 6.19. The van der Waals surface area contributed by atoms with Crippen LogP contribution in [0.25, 0.3) is 0 Å². The van der Waals surface area contributed by atoms with Crippen LogP contribution in [0, 0.1) is 6.92 Å². The van der Waals surface area contributed by atoms with E-state index in [4.69, 9.17) is 4.74 Å². The Bertz CT molecular complexity index is 921. The minimum absolute atomic E-state index is 0.0218. The fourth-order valence-electron chi connectivity index (χ4n) is 3.83. The standard InChI is InChI=1S/C24H28N2O3S2/c1-17-6-4-7-20(23(28)26-12-2-3-13-26)22(17)25-21(27)16-29-19-10-8-18(9-11-19)24-30-14-5-15-31-24/h4,6-11,24H,2-3,5,12-16H2,1H3,(H,25,27). The van der Waals surface area contributed by atoms with Gasteiger partial charge in [-0.3, -0.25) is 9.59 Å². The monoisotopic (exact) mass is 456 g/mol. The molecule has 4 rings (SSSR count). The topological polar surface area (TPSA) is 58.6 Å². The number of aryl methyl sites for hydroxylation is 1. The number of anilines is 1. The number of hydrogen-bond acceptors (Lipinski definition) is 5. The highest BCUT2D eigenvalue weighted by Gasteiger charge is 2.23. The maximum atomic E-state index is 12.9. The molecule has 2 aliphatic rings. The molecule has 2 aromatic rings. The fraction of sp³-hybridized carbons (Fsp3) is 0.417. The van der Waals surface area contributed by atoms with Crippen LogP contribution in [0.2, 0.25) is 0 Å². The summed E-state index contributed by atoms with van der Waals surface area (Å²) in [6.07, 6.45) is 3.34. The molecule has 31 heavy (non-hydrogen) atoms. The number of nitrogens with one attached hydrogen (secondary N) is 1. The van der Waals surface area contributed by atoms with Crippen molar-refractivity contribution in [2.24, 2.45) is 0 Å². The molecule has 1 N–H and O–H groups in total. The van der Waals surface area contributed by atoms with E-state index < -0.39 is 0 Å². The van der Waals surface area contributed by atoms with Crippen molar-refractivity contribution in [2.45, 2.75) is 30.8 Å². The van der Waals surface area contributed by atoms with E-state index in [-0.39, 0.29) is 18.4 Å². The zero-order chi connectivity index (χ0) is 21.6. The quantitative estimate of drug-likeness (QED) is 0.654. The lowest BCUT2D eigenvalue weighted by Crippen LogP contribution is -2.29. The van der Waals surface area contributed by atoms with E-state index in [9.17, 15) is 9.59 Å². The average molecular weight is 457 g/mol. The number of hydrogen-bond donors (Lipinski definition) is 1. The van der Waals surface area contributed by atoms with Gasteiger partial charge in [0.25, 0.3) is 11.8 Å². The van der Waals surface area contributed by atoms with Crippen LogP contribution < -0.4 is 10.1 Å². The highest BCUT2D eigenvalue weighted by Crippen LogP contribution is 2.43. The fourth-order valence-corrected chi connectivity index (χ4v) is 6.72. The number of carbonyl (C=O) groups is 2. The lowest BCUT2D eigenvalue weighted by Gasteiger charge is -2.21. The van der Waals surface area contributed by atoms with Crippen LogP contribution in [-0.2, 0) is 4.79 Å². The van der Waals surface area contributed by atoms with Gasteiger partial charge in [0.1, 0.15) is 5.75 Å². The maximum absolute atomic E-state index is 12.9. The molecule has 164 valence electrons. The Balaban J connectivity index is 1.36. The number of thioether (sulfide) groups is 2. The summed E-state index contributed by atoms with van der Waals surface area (Å²) in [6.45, 7) is 3.35. The van der Waals surface area contributed by atoms with Gasteiger partial charge in [-0.1, -0.05) is 24.3 Å². The molecular formula is C24H28N2O3S2. The Morgan fingerprint density at radius 2 is 1.74 bits per heavy atom. The van der Waals surface area contributed by atoms with Crippen LogP contribution >= 0.6 is 23.5 Å². The zero-order valence-corrected chi connectivity index (χ0v) is 19.4. The molecule has 2 aliphatic heterocycles. The number of carbonyl (C=O) groups excluding carboxylic acids is 2. The molecule has 0 radical (unpaired) electrons. The highest BCUT2D eigenvalue weighted by atomic mass is 32.2. The first-order chi connectivity index (χ1) is 15.1. The van der Waals surface area contributed by atoms with Crippen molar-refractivity contribution in [3.8, 4) is 5.75 Å². The Labute approximate surface area is 192 Å². The maximum Gasteiger partial charge on any atom is 0.262 e. The van der Waals surface area contributed by atoms with Crippen LogP contribution in [0.1, 0.15) is 45.3 Å². The first-order valence-electron chi connectivity index (χ1n) is 10.8. The number of amides is 2. The van der Waals surface area contributed by atoms with Gasteiger partial charge in [-0.05, 0) is 67.0 Å². The molecular weight excluding hydrogens is 428 g/mol. The minimum atomic E-state index is -0.271. The number of likely N-dealkylation sites (tertiary alicyclic amines) is 1. The van der Waals surface area contributed by atoms with Gasteiger partial charge in [0.15, 0.2) is 6.61 Å². The largest absolute Gasteiger partial charge is 0.484 e. The molecule has 0 unspecified atom stereocenters. The second-order valence-electron chi connectivity index (χ2n) is 7.83. The lowest BCUT2D eigenvalue weighted by atomic mass is 10.1. The van der Waals surface area contributed by atoms with Crippen molar-refractivity contribution in [3.63, 3.8) is 0 Å². The highest BCUT2D eigenvalue weighted by molar-refractivity contribution is 8.16. The first kappa shape index (κ1) is 22.1. The number of benzene rings is 2. The van der Waals surface area contributed by atoms with Gasteiger partial charge in [-0.15, -0.1) is 23.5 Å². The predicted octanol–water partition coefficient (Wildman–Crippen LogP) is 5.12. The second kappa shape index (κ2) is 10.5. The third kappa shape index (κ3) is 5.57. The lowest BCUT2D eigenvalue weighted by molar-refractivity contribution is -0.118. The summed E-state index contributed by atoms with van der Waals surface area (Å²) in [5.41, 5.74) is 3.28. The van der Waals surface area contributed by atoms with E-state index in [0.717, 1.165) is 31.5 Å². The number of rotatable bonds is 6. The molecule has 2 heterocycles. The van der Waals surface area contributed by atoms with Gasteiger partial charge in [-0.2, -0.15) is 0 Å². The summed E-state index contributed by atoms with van der Waals surface area (Å²) >= 11 is 3.97. The van der Waals surface area contributed by atoms with Gasteiger partial charge in [0.2, 0.25) is 0 Å². The van der Waals surface area contributed by atoms with Crippen LogP contribution in [-0.4, -0.2) is 47.9 Å². The van der Waals surface area contributed by atoms with Crippen LogP contribution in [0.5, 0.6) is 5.75 Å². The summed E-state index contributed by atoms with van der Waals surface area (Å²) in [6, 6.07) is 13.5. The molecule has 2 amide bonds. The van der Waals surface area contributed by atoms with E-state index in [0.29, 0.717) is 21.6 Å². The molecule has 5 nitrogen and oxygen atoms in total. The summed E-state index contributed by atoms with van der Waals surface area (Å²) in [7, 11) is 0. The van der Waals surface area contributed by atoms with Crippen molar-refractivity contribution in [1.82, 2.24) is 4.90 Å². The van der Waals surface area contributed by atoms with Crippen molar-refractivity contribution >= 4 is 41.0 Å². The Hall–Kier alpha value is -2.12. The molecule has 2 fully saturated rings. The van der Waals surface area contributed by atoms with Crippen molar-refractivity contribution in [1.29, 1.82) is 0 Å². The zero-order valence-electron chi connectivity index (χ0n) is 17.8. The third-order valence-corrected chi connectivity index (χ3v) is 8.53. The summed E-state index contributed by atoms with van der Waals surface area (Å²) in [4.78, 5) is 27.3. The van der Waals surface area contributed by atoms with Gasteiger partial charge in [0.05, 0.1) is 15.8 Å². The molecule has 0 aromatic heterocycles. The van der Waals surface area contributed by atoms with Crippen molar-refractivity contribution in [2.75, 3.05) is 36.5 Å². The number of nitrogens with zero attached hydrogens (tertiary/aromatic N) is 1.